The molecule has 43 heavy (non-hydrogen) atoms. The molecule has 0 unspecified atom stereocenters. The number of aryl methyl sites for hydroxylation is 1. The lowest BCUT2D eigenvalue weighted by molar-refractivity contribution is -0.0661. The summed E-state index contributed by atoms with van der Waals surface area (Å²) in [6, 6.07) is 16.1. The van der Waals surface area contributed by atoms with Gasteiger partial charge in [0.25, 0.3) is 0 Å². The third kappa shape index (κ3) is 6.00. The molecule has 2 aromatic heterocycles. The number of pyridine rings is 1. The average molecular weight is 583 g/mol. The number of benzene rings is 2. The van der Waals surface area contributed by atoms with E-state index in [1.165, 1.54) is 39.6 Å². The van der Waals surface area contributed by atoms with E-state index in [0.29, 0.717) is 30.8 Å². The van der Waals surface area contributed by atoms with E-state index in [-0.39, 0.29) is 11.4 Å². The molecular formula is C34H38N4O5. The van der Waals surface area contributed by atoms with Crippen molar-refractivity contribution in [3.8, 4) is 28.7 Å². The van der Waals surface area contributed by atoms with Crippen molar-refractivity contribution in [2.24, 2.45) is 0 Å². The molecule has 2 aliphatic heterocycles. The molecule has 224 valence electrons. The molecule has 1 atom stereocenters. The average Bonchev–Trinajstić information content (AvgIpc) is 3.29. The van der Waals surface area contributed by atoms with Crippen molar-refractivity contribution in [3.63, 3.8) is 0 Å². The van der Waals surface area contributed by atoms with E-state index >= 15 is 0 Å². The van der Waals surface area contributed by atoms with Crippen LogP contribution in [0, 0.1) is 13.8 Å². The molecule has 0 aliphatic carbocycles. The van der Waals surface area contributed by atoms with Gasteiger partial charge in [0.05, 0.1) is 24.6 Å². The van der Waals surface area contributed by atoms with Crippen LogP contribution in [-0.2, 0) is 24.2 Å². The summed E-state index contributed by atoms with van der Waals surface area (Å²) in [5, 5.41) is 13.8. The van der Waals surface area contributed by atoms with Crippen molar-refractivity contribution < 1.29 is 24.1 Å². The number of ether oxygens (including phenoxy) is 3. The van der Waals surface area contributed by atoms with Crippen LogP contribution in [0.3, 0.4) is 0 Å². The molecule has 6 rings (SSSR count). The van der Waals surface area contributed by atoms with E-state index in [4.69, 9.17) is 19.2 Å². The fourth-order valence-corrected chi connectivity index (χ4v) is 5.97. The Balaban J connectivity index is 1.24. The molecule has 0 bridgehead atoms. The normalized spacial score (nSPS) is 16.7. The van der Waals surface area contributed by atoms with E-state index in [9.17, 15) is 9.90 Å². The second-order valence-electron chi connectivity index (χ2n) is 11.2. The highest BCUT2D eigenvalue weighted by Crippen LogP contribution is 2.34. The minimum absolute atomic E-state index is 0.00941. The second kappa shape index (κ2) is 12.6. The summed E-state index contributed by atoms with van der Waals surface area (Å²) in [6.07, 6.45) is 4.95. The van der Waals surface area contributed by atoms with Crippen LogP contribution >= 0.6 is 0 Å². The van der Waals surface area contributed by atoms with Gasteiger partial charge in [0, 0.05) is 31.8 Å². The number of nitrogens with zero attached hydrogens (tertiary/aromatic N) is 4. The van der Waals surface area contributed by atoms with Crippen molar-refractivity contribution >= 4 is 5.97 Å². The van der Waals surface area contributed by atoms with Crippen LogP contribution in [0.4, 0.5) is 0 Å². The van der Waals surface area contributed by atoms with Crippen LogP contribution in [0.2, 0.25) is 0 Å². The molecule has 0 saturated carbocycles. The number of fused-ring (bicyclic) bond motifs is 1. The molecule has 0 spiro atoms. The summed E-state index contributed by atoms with van der Waals surface area (Å²) in [7, 11) is 0. The first kappa shape index (κ1) is 28.9. The molecule has 1 saturated heterocycles. The topological polar surface area (TPSA) is 98.9 Å². The summed E-state index contributed by atoms with van der Waals surface area (Å²) in [5.41, 5.74) is 7.93. The largest absolute Gasteiger partial charge is 0.488 e. The van der Waals surface area contributed by atoms with Crippen molar-refractivity contribution in [3.05, 3.63) is 88.1 Å². The first-order valence-corrected chi connectivity index (χ1v) is 15.0. The maximum atomic E-state index is 11.7. The van der Waals surface area contributed by atoms with E-state index in [2.05, 4.69) is 29.1 Å². The van der Waals surface area contributed by atoms with Crippen LogP contribution < -0.4 is 9.47 Å². The van der Waals surface area contributed by atoms with Gasteiger partial charge in [0.2, 0.25) is 5.88 Å². The molecule has 2 aliphatic rings. The van der Waals surface area contributed by atoms with E-state index < -0.39 is 5.97 Å². The van der Waals surface area contributed by atoms with E-state index in [0.717, 1.165) is 56.0 Å². The maximum absolute atomic E-state index is 11.7. The molecule has 9 nitrogen and oxygen atoms in total. The number of aromatic nitrogens is 3. The van der Waals surface area contributed by atoms with Gasteiger partial charge in [-0.15, -0.1) is 0 Å². The van der Waals surface area contributed by atoms with Crippen LogP contribution in [0.5, 0.6) is 11.6 Å². The first-order chi connectivity index (χ1) is 20.9. The second-order valence-corrected chi connectivity index (χ2v) is 11.2. The highest BCUT2D eigenvalue weighted by molar-refractivity contribution is 5.90. The maximum Gasteiger partial charge on any atom is 0.342 e. The number of hydrogen-bond acceptors (Lipinski definition) is 7. The van der Waals surface area contributed by atoms with E-state index in [1.807, 2.05) is 37.3 Å². The number of carboxylic acids is 1. The molecule has 1 fully saturated rings. The Bertz CT molecular complexity index is 1630. The first-order valence-electron chi connectivity index (χ1n) is 15.0. The Kier molecular flexibility index (Phi) is 8.44. The van der Waals surface area contributed by atoms with Gasteiger partial charge < -0.3 is 24.2 Å². The predicted octanol–water partition coefficient (Wildman–Crippen LogP) is 5.42. The predicted molar refractivity (Wildman–Crippen MR) is 163 cm³/mol. The van der Waals surface area contributed by atoms with Crippen LogP contribution in [0.25, 0.3) is 17.1 Å². The third-order valence-corrected chi connectivity index (χ3v) is 8.49. The van der Waals surface area contributed by atoms with Crippen molar-refractivity contribution in [2.45, 2.75) is 52.7 Å². The summed E-state index contributed by atoms with van der Waals surface area (Å²) < 4.78 is 19.3. The third-order valence-electron chi connectivity index (χ3n) is 8.49. The van der Waals surface area contributed by atoms with E-state index in [1.54, 1.807) is 13.0 Å². The molecule has 1 N–H and O–H groups in total. The van der Waals surface area contributed by atoms with Gasteiger partial charge in [-0.3, -0.25) is 0 Å². The summed E-state index contributed by atoms with van der Waals surface area (Å²) in [5.74, 6) is 0.276. The van der Waals surface area contributed by atoms with Gasteiger partial charge in [0.1, 0.15) is 17.9 Å². The quantitative estimate of drug-likeness (QED) is 0.265. The Morgan fingerprint density at radius 1 is 1.07 bits per heavy atom. The van der Waals surface area contributed by atoms with Gasteiger partial charge in [-0.25, -0.2) is 9.78 Å². The lowest BCUT2D eigenvalue weighted by Gasteiger charge is -2.32. The molecular weight excluding hydrogens is 544 g/mol. The molecule has 0 radical (unpaired) electrons. The molecule has 4 heterocycles. The Hall–Kier alpha value is -4.21. The number of aromatic carboxylic acids is 1. The molecule has 9 heteroatoms. The lowest BCUT2D eigenvalue weighted by Crippen LogP contribution is -2.41. The Morgan fingerprint density at radius 3 is 2.65 bits per heavy atom. The Morgan fingerprint density at radius 2 is 1.88 bits per heavy atom. The molecule has 2 aromatic carbocycles. The zero-order valence-electron chi connectivity index (χ0n) is 25.0. The Labute approximate surface area is 252 Å². The van der Waals surface area contributed by atoms with Crippen molar-refractivity contribution in [2.75, 3.05) is 32.8 Å². The fraction of sp³-hybridized carbons (Fsp3) is 0.382. The highest BCUT2D eigenvalue weighted by Gasteiger charge is 2.24. The van der Waals surface area contributed by atoms with Gasteiger partial charge in [0.15, 0.2) is 5.82 Å². The van der Waals surface area contributed by atoms with Gasteiger partial charge in [-0.05, 0) is 86.1 Å². The van der Waals surface area contributed by atoms with Crippen LogP contribution in [0.15, 0.2) is 54.7 Å². The zero-order valence-corrected chi connectivity index (χ0v) is 25.0. The number of carbonyl (C=O) groups is 1. The van der Waals surface area contributed by atoms with Crippen LogP contribution in [-0.4, -0.2) is 69.7 Å². The number of rotatable bonds is 10. The summed E-state index contributed by atoms with van der Waals surface area (Å²) >= 11 is 0. The molecule has 0 amide bonds. The van der Waals surface area contributed by atoms with Gasteiger partial charge in [-0.2, -0.15) is 9.78 Å². The van der Waals surface area contributed by atoms with Crippen LogP contribution in [0.1, 0.15) is 51.5 Å². The lowest BCUT2D eigenvalue weighted by atomic mass is 9.94. The van der Waals surface area contributed by atoms with Gasteiger partial charge in [-0.1, -0.05) is 30.3 Å². The fourth-order valence-electron chi connectivity index (χ4n) is 5.97. The minimum Gasteiger partial charge on any atom is -0.488 e. The summed E-state index contributed by atoms with van der Waals surface area (Å²) in [4.78, 5) is 19.1. The monoisotopic (exact) mass is 582 g/mol. The van der Waals surface area contributed by atoms with Gasteiger partial charge >= 0.3 is 5.97 Å². The smallest absolute Gasteiger partial charge is 0.342 e. The SMILES string of the molecule is CCOc1c(C(=O)O)cnn1-c1cccc(-c2cccc(C)c2OCc2ccc3c(c2C)CCN(C[C@@H]2CCO2)CC3)n1. The van der Waals surface area contributed by atoms with Crippen molar-refractivity contribution in [1.29, 1.82) is 0 Å². The number of carboxylic acid groups (broad SMARTS) is 1. The minimum atomic E-state index is -1.10. The molecule has 4 aromatic rings. The summed E-state index contributed by atoms with van der Waals surface area (Å²) in [6.45, 7) is 10.9. The zero-order chi connectivity index (χ0) is 29.9. The number of para-hydroxylation sites is 1. The number of hydrogen-bond donors (Lipinski definition) is 1. The highest BCUT2D eigenvalue weighted by atomic mass is 16.5. The standard InChI is InChI=1S/C34H38N4O5/c1-4-41-33-29(34(39)40)19-35-38(33)31-10-6-9-30(36-31)28-8-5-7-22(2)32(28)43-21-25-12-11-24-13-16-37(20-26-15-18-42-26)17-14-27(24)23(25)3/h5-12,19,26H,4,13-18,20-21H2,1-3H3,(H,39,40)/t26-/m0/s1. The van der Waals surface area contributed by atoms with Crippen molar-refractivity contribution in [1.82, 2.24) is 19.7 Å².